The number of benzene rings is 2. The van der Waals surface area contributed by atoms with E-state index in [0.717, 1.165) is 11.1 Å². The third-order valence-electron chi connectivity index (χ3n) is 2.47. The first-order chi connectivity index (χ1) is 8.65. The van der Waals surface area contributed by atoms with Crippen LogP contribution in [0.3, 0.4) is 0 Å². The van der Waals surface area contributed by atoms with Gasteiger partial charge in [-0.1, -0.05) is 36.4 Å². The summed E-state index contributed by atoms with van der Waals surface area (Å²) in [7, 11) is 0. The summed E-state index contributed by atoms with van der Waals surface area (Å²) in [5.74, 6) is -1.23. The molecule has 18 heavy (non-hydrogen) atoms. The number of aromatic carboxylic acids is 1. The SMILES string of the molecule is O=C(O)c1ccc(C=Cc2cccc(F)c2)cc1. The van der Waals surface area contributed by atoms with Gasteiger partial charge in [0.25, 0.3) is 0 Å². The topological polar surface area (TPSA) is 37.3 Å². The minimum absolute atomic E-state index is 0.248. The van der Waals surface area contributed by atoms with Crippen LogP contribution >= 0.6 is 0 Å². The molecular formula is C15H11FO2. The molecule has 0 bridgehead atoms. The summed E-state index contributed by atoms with van der Waals surface area (Å²) in [6, 6.07) is 12.7. The van der Waals surface area contributed by atoms with Crippen molar-refractivity contribution < 1.29 is 14.3 Å². The number of hydrogen-bond acceptors (Lipinski definition) is 1. The van der Waals surface area contributed by atoms with Crippen molar-refractivity contribution in [2.75, 3.05) is 0 Å². The van der Waals surface area contributed by atoms with Crippen molar-refractivity contribution in [3.63, 3.8) is 0 Å². The lowest BCUT2D eigenvalue weighted by atomic mass is 10.1. The second kappa shape index (κ2) is 5.27. The molecule has 0 aliphatic heterocycles. The van der Waals surface area contributed by atoms with E-state index in [1.807, 2.05) is 0 Å². The number of halogens is 1. The quantitative estimate of drug-likeness (QED) is 0.833. The molecule has 0 aliphatic rings. The van der Waals surface area contributed by atoms with Gasteiger partial charge in [0.05, 0.1) is 5.56 Å². The van der Waals surface area contributed by atoms with Gasteiger partial charge in [-0.15, -0.1) is 0 Å². The van der Waals surface area contributed by atoms with Crippen LogP contribution < -0.4 is 0 Å². The molecule has 0 atom stereocenters. The van der Waals surface area contributed by atoms with Crippen LogP contribution in [0.5, 0.6) is 0 Å². The molecule has 2 nitrogen and oxygen atoms in total. The molecule has 2 aromatic rings. The standard InChI is InChI=1S/C15H11FO2/c16-14-3-1-2-12(10-14)5-4-11-6-8-13(9-7-11)15(17)18/h1-10H,(H,17,18). The Morgan fingerprint density at radius 2 is 1.67 bits per heavy atom. The van der Waals surface area contributed by atoms with Gasteiger partial charge in [0.2, 0.25) is 0 Å². The largest absolute Gasteiger partial charge is 0.478 e. The van der Waals surface area contributed by atoms with Crippen LogP contribution in [0.15, 0.2) is 48.5 Å². The highest BCUT2D eigenvalue weighted by atomic mass is 19.1. The van der Waals surface area contributed by atoms with Crippen LogP contribution in [0, 0.1) is 5.82 Å². The smallest absolute Gasteiger partial charge is 0.335 e. The van der Waals surface area contributed by atoms with Gasteiger partial charge < -0.3 is 5.11 Å². The van der Waals surface area contributed by atoms with E-state index < -0.39 is 5.97 Å². The maximum atomic E-state index is 12.9. The summed E-state index contributed by atoms with van der Waals surface area (Å²) in [6.45, 7) is 0. The zero-order chi connectivity index (χ0) is 13.0. The first-order valence-corrected chi connectivity index (χ1v) is 5.42. The predicted octanol–water partition coefficient (Wildman–Crippen LogP) is 3.69. The Labute approximate surface area is 104 Å². The number of carbonyl (C=O) groups is 1. The van der Waals surface area contributed by atoms with Gasteiger partial charge in [-0.3, -0.25) is 0 Å². The molecule has 0 radical (unpaired) electrons. The van der Waals surface area contributed by atoms with Gasteiger partial charge in [0, 0.05) is 0 Å². The fraction of sp³-hybridized carbons (Fsp3) is 0. The van der Waals surface area contributed by atoms with E-state index >= 15 is 0 Å². The molecule has 0 heterocycles. The first-order valence-electron chi connectivity index (χ1n) is 5.42. The molecule has 0 amide bonds. The third-order valence-corrected chi connectivity index (χ3v) is 2.47. The summed E-state index contributed by atoms with van der Waals surface area (Å²) in [4.78, 5) is 10.7. The lowest BCUT2D eigenvalue weighted by molar-refractivity contribution is 0.0697. The highest BCUT2D eigenvalue weighted by Gasteiger charge is 1.99. The fourth-order valence-electron chi connectivity index (χ4n) is 1.54. The number of rotatable bonds is 3. The molecule has 0 fully saturated rings. The molecule has 0 aromatic heterocycles. The van der Waals surface area contributed by atoms with Gasteiger partial charge in [-0.2, -0.15) is 0 Å². The molecule has 3 heteroatoms. The monoisotopic (exact) mass is 242 g/mol. The molecule has 1 N–H and O–H groups in total. The normalized spacial score (nSPS) is 10.7. The minimum Gasteiger partial charge on any atom is -0.478 e. The van der Waals surface area contributed by atoms with E-state index in [-0.39, 0.29) is 11.4 Å². The van der Waals surface area contributed by atoms with Gasteiger partial charge in [0.15, 0.2) is 0 Å². The van der Waals surface area contributed by atoms with E-state index in [1.54, 1.807) is 36.4 Å². The molecule has 90 valence electrons. The summed E-state index contributed by atoms with van der Waals surface area (Å²) in [5.41, 5.74) is 1.87. The Hall–Kier alpha value is -2.42. The maximum absolute atomic E-state index is 12.9. The minimum atomic E-state index is -0.948. The van der Waals surface area contributed by atoms with Crippen LogP contribution in [0.4, 0.5) is 4.39 Å². The average Bonchev–Trinajstić information content (AvgIpc) is 2.37. The van der Waals surface area contributed by atoms with E-state index in [0.29, 0.717) is 0 Å². The van der Waals surface area contributed by atoms with Gasteiger partial charge >= 0.3 is 5.97 Å². The van der Waals surface area contributed by atoms with E-state index in [1.165, 1.54) is 24.3 Å². The van der Waals surface area contributed by atoms with Gasteiger partial charge in [-0.05, 0) is 35.4 Å². The van der Waals surface area contributed by atoms with Crippen LogP contribution in [-0.2, 0) is 0 Å². The maximum Gasteiger partial charge on any atom is 0.335 e. The third kappa shape index (κ3) is 3.04. The van der Waals surface area contributed by atoms with Crippen LogP contribution in [0.1, 0.15) is 21.5 Å². The summed E-state index contributed by atoms with van der Waals surface area (Å²) >= 11 is 0. The molecule has 0 saturated heterocycles. The van der Waals surface area contributed by atoms with Crippen LogP contribution in [-0.4, -0.2) is 11.1 Å². The van der Waals surface area contributed by atoms with Crippen LogP contribution in [0.25, 0.3) is 12.2 Å². The molecule has 0 saturated carbocycles. The predicted molar refractivity (Wildman–Crippen MR) is 68.7 cm³/mol. The van der Waals surface area contributed by atoms with Crippen molar-refractivity contribution in [2.24, 2.45) is 0 Å². The molecule has 2 aromatic carbocycles. The Kier molecular flexibility index (Phi) is 3.53. The van der Waals surface area contributed by atoms with Crippen molar-refractivity contribution in [3.05, 3.63) is 71.0 Å². The van der Waals surface area contributed by atoms with Crippen molar-refractivity contribution >= 4 is 18.1 Å². The molecule has 0 aliphatic carbocycles. The van der Waals surface area contributed by atoms with Gasteiger partial charge in [0.1, 0.15) is 5.82 Å². The van der Waals surface area contributed by atoms with Crippen molar-refractivity contribution in [2.45, 2.75) is 0 Å². The zero-order valence-electron chi connectivity index (χ0n) is 9.51. The number of carboxylic acids is 1. The van der Waals surface area contributed by atoms with Crippen LogP contribution in [0.2, 0.25) is 0 Å². The van der Waals surface area contributed by atoms with Gasteiger partial charge in [-0.25, -0.2) is 9.18 Å². The summed E-state index contributed by atoms with van der Waals surface area (Å²) < 4.78 is 12.9. The Morgan fingerprint density at radius 3 is 2.28 bits per heavy atom. The second-order valence-corrected chi connectivity index (χ2v) is 3.82. The molecular weight excluding hydrogens is 231 g/mol. The Balaban J connectivity index is 2.16. The Morgan fingerprint density at radius 1 is 1.00 bits per heavy atom. The highest BCUT2D eigenvalue weighted by Crippen LogP contribution is 2.11. The summed E-state index contributed by atoms with van der Waals surface area (Å²) in [6.07, 6.45) is 3.58. The zero-order valence-corrected chi connectivity index (χ0v) is 9.51. The Bertz CT molecular complexity index is 586. The average molecular weight is 242 g/mol. The first kappa shape index (κ1) is 12.0. The van der Waals surface area contributed by atoms with E-state index in [9.17, 15) is 9.18 Å². The fourth-order valence-corrected chi connectivity index (χ4v) is 1.54. The van der Waals surface area contributed by atoms with Crippen molar-refractivity contribution in [1.29, 1.82) is 0 Å². The highest BCUT2D eigenvalue weighted by molar-refractivity contribution is 5.88. The molecule has 2 rings (SSSR count). The van der Waals surface area contributed by atoms with Crippen molar-refractivity contribution in [1.82, 2.24) is 0 Å². The molecule has 0 unspecified atom stereocenters. The number of hydrogen-bond donors (Lipinski definition) is 1. The van der Waals surface area contributed by atoms with E-state index in [4.69, 9.17) is 5.11 Å². The second-order valence-electron chi connectivity index (χ2n) is 3.82. The summed E-state index contributed by atoms with van der Waals surface area (Å²) in [5, 5.41) is 8.75. The van der Waals surface area contributed by atoms with E-state index in [2.05, 4.69) is 0 Å². The lowest BCUT2D eigenvalue weighted by Crippen LogP contribution is -1.94. The molecule has 0 spiro atoms. The lowest BCUT2D eigenvalue weighted by Gasteiger charge is -1.97. The van der Waals surface area contributed by atoms with Crippen molar-refractivity contribution in [3.8, 4) is 0 Å². The number of carboxylic acid groups (broad SMARTS) is 1.